The van der Waals surface area contributed by atoms with Crippen LogP contribution in [0.4, 0.5) is 0 Å². The Morgan fingerprint density at radius 2 is 1.96 bits per heavy atom. The van der Waals surface area contributed by atoms with Gasteiger partial charge in [-0.15, -0.1) is 0 Å². The van der Waals surface area contributed by atoms with Crippen LogP contribution in [-0.4, -0.2) is 54.2 Å². The van der Waals surface area contributed by atoms with Crippen LogP contribution in [0.2, 0.25) is 0 Å². The van der Waals surface area contributed by atoms with Crippen molar-refractivity contribution in [3.8, 4) is 0 Å². The van der Waals surface area contributed by atoms with Crippen molar-refractivity contribution < 1.29 is 19.1 Å². The molecule has 2 heterocycles. The highest BCUT2D eigenvalue weighted by Gasteiger charge is 2.65. The summed E-state index contributed by atoms with van der Waals surface area (Å²) in [5, 5.41) is 0.943. The first-order chi connectivity index (χ1) is 12.2. The van der Waals surface area contributed by atoms with Gasteiger partial charge in [-0.25, -0.2) is 4.79 Å². The summed E-state index contributed by atoms with van der Waals surface area (Å²) in [5.41, 5.74) is -1.11. The largest absolute Gasteiger partial charge is 0.466 e. The fourth-order valence-corrected chi connectivity index (χ4v) is 3.51. The SMILES string of the molecule is COC(=O)C1(C(C)(C)c2cn(C)c3ccccc23)OC(N(C)C)=NC1=O. The van der Waals surface area contributed by atoms with E-state index in [1.807, 2.05) is 42.1 Å². The molecule has 1 unspecified atom stereocenters. The van der Waals surface area contributed by atoms with Crippen LogP contribution in [0.3, 0.4) is 0 Å². The van der Waals surface area contributed by atoms with Gasteiger partial charge in [0.15, 0.2) is 0 Å². The van der Waals surface area contributed by atoms with Crippen molar-refractivity contribution in [3.63, 3.8) is 0 Å². The van der Waals surface area contributed by atoms with Crippen LogP contribution in [0.25, 0.3) is 10.9 Å². The highest BCUT2D eigenvalue weighted by atomic mass is 16.6. The van der Waals surface area contributed by atoms with E-state index in [1.165, 1.54) is 7.11 Å². The summed E-state index contributed by atoms with van der Waals surface area (Å²) in [5.74, 6) is -1.42. The van der Waals surface area contributed by atoms with Crippen molar-refractivity contribution >= 4 is 28.8 Å². The van der Waals surface area contributed by atoms with Gasteiger partial charge in [-0.2, -0.15) is 4.99 Å². The summed E-state index contributed by atoms with van der Waals surface area (Å²) in [6.07, 6.45) is 1.92. The molecule has 7 heteroatoms. The Balaban J connectivity index is 2.24. The van der Waals surface area contributed by atoms with E-state index in [9.17, 15) is 9.59 Å². The number of aromatic nitrogens is 1. The summed E-state index contributed by atoms with van der Waals surface area (Å²) in [4.78, 5) is 31.3. The molecule has 0 saturated carbocycles. The standard InChI is InChI=1S/C19H23N3O4/c1-18(2,13-11-22(5)14-10-8-7-9-12(13)14)19(16(24)25-6)15(23)20-17(26-19)21(3)4/h7-11H,1-6H3. The summed E-state index contributed by atoms with van der Waals surface area (Å²) in [7, 11) is 6.56. The molecule has 138 valence electrons. The summed E-state index contributed by atoms with van der Waals surface area (Å²) < 4.78 is 12.8. The number of carbonyl (C=O) groups excluding carboxylic acids is 2. The number of amidine groups is 1. The molecular weight excluding hydrogens is 334 g/mol. The van der Waals surface area contributed by atoms with Gasteiger partial charge in [-0.1, -0.05) is 32.0 Å². The van der Waals surface area contributed by atoms with E-state index in [0.717, 1.165) is 16.5 Å². The first-order valence-electron chi connectivity index (χ1n) is 8.29. The number of nitrogens with zero attached hydrogens (tertiary/aromatic N) is 3. The molecule has 7 nitrogen and oxygen atoms in total. The second-order valence-corrected chi connectivity index (χ2v) is 7.16. The molecule has 2 aromatic rings. The summed E-state index contributed by atoms with van der Waals surface area (Å²) in [6.45, 7) is 3.61. The molecule has 1 aromatic heterocycles. The molecule has 0 fully saturated rings. The lowest BCUT2D eigenvalue weighted by molar-refractivity contribution is -0.170. The maximum Gasteiger partial charge on any atom is 0.361 e. The number of esters is 1. The maximum absolute atomic E-state index is 12.9. The molecular formula is C19H23N3O4. The second-order valence-electron chi connectivity index (χ2n) is 7.16. The number of hydrogen-bond donors (Lipinski definition) is 0. The van der Waals surface area contributed by atoms with Crippen LogP contribution < -0.4 is 0 Å². The van der Waals surface area contributed by atoms with Gasteiger partial charge in [-0.3, -0.25) is 4.79 Å². The molecule has 0 bridgehead atoms. The number of rotatable bonds is 3. The van der Waals surface area contributed by atoms with Gasteiger partial charge in [0.25, 0.3) is 11.6 Å². The molecule has 1 amide bonds. The number of amides is 1. The molecule has 0 spiro atoms. The Hall–Kier alpha value is -2.83. The van der Waals surface area contributed by atoms with Crippen LogP contribution in [0, 0.1) is 0 Å². The van der Waals surface area contributed by atoms with Crippen molar-refractivity contribution in [1.82, 2.24) is 9.47 Å². The normalized spacial score (nSPS) is 20.1. The smallest absolute Gasteiger partial charge is 0.361 e. The number of hydrogen-bond acceptors (Lipinski definition) is 5. The van der Waals surface area contributed by atoms with Crippen LogP contribution in [0.5, 0.6) is 0 Å². The van der Waals surface area contributed by atoms with Gasteiger partial charge < -0.3 is 18.9 Å². The predicted octanol–water partition coefficient (Wildman–Crippen LogP) is 1.84. The molecule has 0 aliphatic carbocycles. The average Bonchev–Trinajstić information content (AvgIpc) is 3.14. The van der Waals surface area contributed by atoms with Gasteiger partial charge in [0, 0.05) is 38.2 Å². The molecule has 1 atom stereocenters. The molecule has 3 rings (SSSR count). The number of para-hydroxylation sites is 1. The van der Waals surface area contributed by atoms with E-state index in [-0.39, 0.29) is 6.02 Å². The minimum atomic E-state index is -1.88. The van der Waals surface area contributed by atoms with Crippen molar-refractivity contribution in [3.05, 3.63) is 36.0 Å². The summed E-state index contributed by atoms with van der Waals surface area (Å²) >= 11 is 0. The van der Waals surface area contributed by atoms with Crippen molar-refractivity contribution in [2.24, 2.45) is 12.0 Å². The molecule has 0 N–H and O–H groups in total. The Kier molecular flexibility index (Phi) is 4.05. The molecule has 1 aromatic carbocycles. The number of carbonyl (C=O) groups is 2. The monoisotopic (exact) mass is 357 g/mol. The van der Waals surface area contributed by atoms with Crippen molar-refractivity contribution in [2.45, 2.75) is 24.9 Å². The zero-order chi connectivity index (χ0) is 19.3. The maximum atomic E-state index is 12.9. The Bertz CT molecular complexity index is 926. The van der Waals surface area contributed by atoms with Gasteiger partial charge in [-0.05, 0) is 11.6 Å². The van der Waals surface area contributed by atoms with Gasteiger partial charge in [0.05, 0.1) is 12.5 Å². The third kappa shape index (κ3) is 2.23. The number of methoxy groups -OCH3 is 1. The quantitative estimate of drug-likeness (QED) is 0.619. The third-order valence-electron chi connectivity index (χ3n) is 5.05. The van der Waals surface area contributed by atoms with E-state index in [1.54, 1.807) is 32.8 Å². The van der Waals surface area contributed by atoms with Crippen LogP contribution in [0.1, 0.15) is 19.4 Å². The van der Waals surface area contributed by atoms with Crippen molar-refractivity contribution in [1.29, 1.82) is 0 Å². The first kappa shape index (κ1) is 18.0. The molecule has 1 aliphatic heterocycles. The zero-order valence-electron chi connectivity index (χ0n) is 15.9. The zero-order valence-corrected chi connectivity index (χ0v) is 15.9. The van der Waals surface area contributed by atoms with E-state index in [2.05, 4.69) is 4.99 Å². The molecule has 26 heavy (non-hydrogen) atoms. The van der Waals surface area contributed by atoms with Crippen LogP contribution in [0.15, 0.2) is 35.5 Å². The van der Waals surface area contributed by atoms with E-state index in [4.69, 9.17) is 9.47 Å². The predicted molar refractivity (Wildman–Crippen MR) is 97.9 cm³/mol. The van der Waals surface area contributed by atoms with E-state index < -0.39 is 22.9 Å². The highest BCUT2D eigenvalue weighted by Crippen LogP contribution is 2.45. The Labute approximate surface area is 152 Å². The van der Waals surface area contributed by atoms with E-state index >= 15 is 0 Å². The third-order valence-corrected chi connectivity index (χ3v) is 5.05. The Morgan fingerprint density at radius 3 is 2.54 bits per heavy atom. The lowest BCUT2D eigenvalue weighted by atomic mass is 9.69. The van der Waals surface area contributed by atoms with Gasteiger partial charge in [0.2, 0.25) is 0 Å². The molecule has 1 aliphatic rings. The number of benzene rings is 1. The fourth-order valence-electron chi connectivity index (χ4n) is 3.51. The Morgan fingerprint density at radius 1 is 1.31 bits per heavy atom. The highest BCUT2D eigenvalue weighted by molar-refractivity contribution is 6.16. The minimum Gasteiger partial charge on any atom is -0.466 e. The first-order valence-corrected chi connectivity index (χ1v) is 8.29. The fraction of sp³-hybridized carbons (Fsp3) is 0.421. The summed E-state index contributed by atoms with van der Waals surface area (Å²) in [6, 6.07) is 7.91. The number of fused-ring (bicyclic) bond motifs is 1. The average molecular weight is 357 g/mol. The number of aryl methyl sites for hydroxylation is 1. The second kappa shape index (κ2) is 5.86. The minimum absolute atomic E-state index is 0.0914. The van der Waals surface area contributed by atoms with Gasteiger partial charge in [0.1, 0.15) is 0 Å². The number of aliphatic imine (C=N–C) groups is 1. The van der Waals surface area contributed by atoms with Gasteiger partial charge >= 0.3 is 11.9 Å². The van der Waals surface area contributed by atoms with Crippen LogP contribution >= 0.6 is 0 Å². The lowest BCUT2D eigenvalue weighted by Crippen LogP contribution is -2.60. The van der Waals surface area contributed by atoms with Crippen LogP contribution in [-0.2, 0) is 31.5 Å². The van der Waals surface area contributed by atoms with E-state index in [0.29, 0.717) is 0 Å². The van der Waals surface area contributed by atoms with Crippen molar-refractivity contribution in [2.75, 3.05) is 21.2 Å². The topological polar surface area (TPSA) is 73.1 Å². The lowest BCUT2D eigenvalue weighted by Gasteiger charge is -2.38. The number of ether oxygens (including phenoxy) is 2. The molecule has 0 radical (unpaired) electrons. The molecule has 0 saturated heterocycles.